The van der Waals surface area contributed by atoms with Gasteiger partial charge in [-0.25, -0.2) is 8.42 Å². The second-order valence-corrected chi connectivity index (χ2v) is 11.1. The van der Waals surface area contributed by atoms with Gasteiger partial charge in [0.1, 0.15) is 12.6 Å². The summed E-state index contributed by atoms with van der Waals surface area (Å²) in [7, 11) is -3.82. The van der Waals surface area contributed by atoms with E-state index in [0.717, 1.165) is 27.0 Å². The molecule has 2 amide bonds. The van der Waals surface area contributed by atoms with E-state index in [1.165, 1.54) is 11.0 Å². The predicted molar refractivity (Wildman–Crippen MR) is 136 cm³/mol. The highest BCUT2D eigenvalue weighted by Gasteiger charge is 2.31. The van der Waals surface area contributed by atoms with Crippen molar-refractivity contribution in [1.82, 2.24) is 10.2 Å². The molecule has 0 radical (unpaired) electrons. The minimum atomic E-state index is -3.82. The van der Waals surface area contributed by atoms with Crippen molar-refractivity contribution in [3.05, 3.63) is 63.6 Å². The minimum absolute atomic E-state index is 0.0553. The highest BCUT2D eigenvalue weighted by Crippen LogP contribution is 2.27. The van der Waals surface area contributed by atoms with E-state index in [0.29, 0.717) is 0 Å². The van der Waals surface area contributed by atoms with Crippen LogP contribution in [0.1, 0.15) is 32.8 Å². The fourth-order valence-corrected chi connectivity index (χ4v) is 4.50. The molecule has 180 valence electrons. The molecule has 2 aromatic carbocycles. The van der Waals surface area contributed by atoms with Gasteiger partial charge in [-0.2, -0.15) is 0 Å². The summed E-state index contributed by atoms with van der Waals surface area (Å²) in [5, 5.41) is 3.10. The van der Waals surface area contributed by atoms with Crippen molar-refractivity contribution in [2.45, 2.75) is 45.8 Å². The summed E-state index contributed by atoms with van der Waals surface area (Å²) >= 11 is 9.60. The Bertz CT molecular complexity index is 1080. The Labute approximate surface area is 209 Å². The Hall–Kier alpha value is -2.10. The number of nitrogens with zero attached hydrogens (tertiary/aromatic N) is 2. The number of rotatable bonds is 10. The van der Waals surface area contributed by atoms with Crippen LogP contribution in [0, 0.1) is 0 Å². The van der Waals surface area contributed by atoms with Gasteiger partial charge in [0.05, 0.1) is 17.0 Å². The number of carbonyl (C=O) groups excluding carboxylic acids is 2. The van der Waals surface area contributed by atoms with Gasteiger partial charge in [-0.15, -0.1) is 0 Å². The number of hydrogen-bond acceptors (Lipinski definition) is 4. The average molecular weight is 559 g/mol. The maximum absolute atomic E-state index is 13.4. The Balaban J connectivity index is 2.39. The average Bonchev–Trinajstić information content (AvgIpc) is 2.76. The van der Waals surface area contributed by atoms with Crippen LogP contribution in [0.15, 0.2) is 53.0 Å². The van der Waals surface area contributed by atoms with Crippen molar-refractivity contribution in [2.24, 2.45) is 0 Å². The van der Waals surface area contributed by atoms with Gasteiger partial charge in [-0.05, 0) is 50.1 Å². The number of hydrogen-bond donors (Lipinski definition) is 1. The molecule has 2 aromatic rings. The van der Waals surface area contributed by atoms with E-state index in [-0.39, 0.29) is 29.2 Å². The van der Waals surface area contributed by atoms with Gasteiger partial charge in [0, 0.05) is 17.1 Å². The summed E-state index contributed by atoms with van der Waals surface area (Å²) in [6.07, 6.45) is 1.76. The lowest BCUT2D eigenvalue weighted by Gasteiger charge is -2.32. The highest BCUT2D eigenvalue weighted by molar-refractivity contribution is 9.10. The number of halogens is 2. The third kappa shape index (κ3) is 7.72. The van der Waals surface area contributed by atoms with Crippen LogP contribution in [0.25, 0.3) is 0 Å². The summed E-state index contributed by atoms with van der Waals surface area (Å²) < 4.78 is 26.9. The zero-order valence-corrected chi connectivity index (χ0v) is 22.2. The fraction of sp³-hybridized carbons (Fsp3) is 0.391. The van der Waals surface area contributed by atoms with Gasteiger partial charge in [0.2, 0.25) is 21.8 Å². The standard InChI is InChI=1S/C23H29BrClN3O4S/c1-5-16(2)26-23(30)17(3)27(14-18-10-12-19(24)13-11-18)22(29)15-28(33(4,31)32)21-9-7-6-8-20(21)25/h6-13,16-17H,5,14-15H2,1-4H3,(H,26,30)/t16-,17+/m0/s1. The molecule has 0 aliphatic rings. The third-order valence-corrected chi connectivity index (χ3v) is 7.21. The lowest BCUT2D eigenvalue weighted by Crippen LogP contribution is -2.52. The highest BCUT2D eigenvalue weighted by atomic mass is 79.9. The van der Waals surface area contributed by atoms with Crippen molar-refractivity contribution in [3.63, 3.8) is 0 Å². The number of para-hydroxylation sites is 1. The SMILES string of the molecule is CC[C@H](C)NC(=O)[C@@H](C)N(Cc1ccc(Br)cc1)C(=O)CN(c1ccccc1Cl)S(C)(=O)=O. The van der Waals surface area contributed by atoms with E-state index in [1.54, 1.807) is 25.1 Å². The molecule has 0 unspecified atom stereocenters. The van der Waals surface area contributed by atoms with Crippen LogP contribution in [0.4, 0.5) is 5.69 Å². The van der Waals surface area contributed by atoms with E-state index >= 15 is 0 Å². The second kappa shape index (κ2) is 11.9. The molecule has 1 N–H and O–H groups in total. The van der Waals surface area contributed by atoms with Crippen molar-refractivity contribution in [1.29, 1.82) is 0 Å². The topological polar surface area (TPSA) is 86.8 Å². The Morgan fingerprint density at radius 1 is 1.09 bits per heavy atom. The van der Waals surface area contributed by atoms with Crippen LogP contribution in [-0.2, 0) is 26.2 Å². The van der Waals surface area contributed by atoms with Crippen LogP contribution < -0.4 is 9.62 Å². The number of carbonyl (C=O) groups is 2. The normalized spacial score (nSPS) is 13.2. The Kier molecular flexibility index (Phi) is 9.75. The van der Waals surface area contributed by atoms with Crippen LogP contribution in [0.3, 0.4) is 0 Å². The summed E-state index contributed by atoms with van der Waals surface area (Å²) in [5.74, 6) is -0.825. The van der Waals surface area contributed by atoms with Gasteiger partial charge in [-0.3, -0.25) is 13.9 Å². The summed E-state index contributed by atoms with van der Waals surface area (Å²) in [6, 6.07) is 12.9. The Morgan fingerprint density at radius 3 is 2.24 bits per heavy atom. The molecular weight excluding hydrogens is 530 g/mol. The molecule has 10 heteroatoms. The van der Waals surface area contributed by atoms with E-state index in [9.17, 15) is 18.0 Å². The first-order chi connectivity index (χ1) is 15.4. The van der Waals surface area contributed by atoms with Crippen LogP contribution in [0.5, 0.6) is 0 Å². The van der Waals surface area contributed by atoms with Gasteiger partial charge in [0.25, 0.3) is 0 Å². The van der Waals surface area contributed by atoms with Gasteiger partial charge in [-0.1, -0.05) is 58.7 Å². The predicted octanol–water partition coefficient (Wildman–Crippen LogP) is 4.20. The molecule has 2 atom stereocenters. The van der Waals surface area contributed by atoms with Crippen LogP contribution in [0.2, 0.25) is 5.02 Å². The van der Waals surface area contributed by atoms with E-state index in [4.69, 9.17) is 11.6 Å². The smallest absolute Gasteiger partial charge is 0.244 e. The monoisotopic (exact) mass is 557 g/mol. The maximum atomic E-state index is 13.4. The number of sulfonamides is 1. The number of anilines is 1. The number of benzene rings is 2. The van der Waals surface area contributed by atoms with Crippen molar-refractivity contribution >= 4 is 55.1 Å². The molecule has 2 rings (SSSR count). The molecule has 0 saturated carbocycles. The van der Waals surface area contributed by atoms with Crippen LogP contribution >= 0.6 is 27.5 Å². The van der Waals surface area contributed by atoms with Gasteiger partial charge in [0.15, 0.2) is 0 Å². The summed E-state index contributed by atoms with van der Waals surface area (Å²) in [6.45, 7) is 5.12. The van der Waals surface area contributed by atoms with Crippen LogP contribution in [-0.4, -0.2) is 50.0 Å². The number of nitrogens with one attached hydrogen (secondary N) is 1. The number of amides is 2. The zero-order valence-electron chi connectivity index (χ0n) is 19.1. The first-order valence-corrected chi connectivity index (χ1v) is 13.5. The molecule has 7 nitrogen and oxygen atoms in total. The van der Waals surface area contributed by atoms with Crippen molar-refractivity contribution < 1.29 is 18.0 Å². The first-order valence-electron chi connectivity index (χ1n) is 10.5. The first kappa shape index (κ1) is 27.1. The summed E-state index contributed by atoms with van der Waals surface area (Å²) in [5.41, 5.74) is 1.01. The molecule has 0 aliphatic carbocycles. The maximum Gasteiger partial charge on any atom is 0.244 e. The van der Waals surface area contributed by atoms with Gasteiger partial charge < -0.3 is 10.2 Å². The zero-order chi connectivity index (χ0) is 24.8. The summed E-state index contributed by atoms with van der Waals surface area (Å²) in [4.78, 5) is 27.7. The van der Waals surface area contributed by atoms with E-state index in [1.807, 2.05) is 38.1 Å². The largest absolute Gasteiger partial charge is 0.352 e. The van der Waals surface area contributed by atoms with E-state index in [2.05, 4.69) is 21.2 Å². The van der Waals surface area contributed by atoms with Crippen molar-refractivity contribution in [2.75, 3.05) is 17.1 Å². The Morgan fingerprint density at radius 2 is 1.70 bits per heavy atom. The molecule has 0 saturated heterocycles. The fourth-order valence-electron chi connectivity index (χ4n) is 3.08. The van der Waals surface area contributed by atoms with E-state index < -0.39 is 28.5 Å². The molecule has 0 aliphatic heterocycles. The molecule has 0 heterocycles. The lowest BCUT2D eigenvalue weighted by atomic mass is 10.1. The molecule has 0 fully saturated rings. The minimum Gasteiger partial charge on any atom is -0.352 e. The third-order valence-electron chi connectivity index (χ3n) is 5.23. The molecule has 33 heavy (non-hydrogen) atoms. The van der Waals surface area contributed by atoms with Gasteiger partial charge >= 0.3 is 0 Å². The molecule has 0 bridgehead atoms. The molecule has 0 spiro atoms. The quantitative estimate of drug-likeness (QED) is 0.474. The van der Waals surface area contributed by atoms with Crippen molar-refractivity contribution in [3.8, 4) is 0 Å². The molecule has 0 aromatic heterocycles. The second-order valence-electron chi connectivity index (χ2n) is 7.86. The lowest BCUT2D eigenvalue weighted by molar-refractivity contribution is -0.139. The molecular formula is C23H29BrClN3O4S.